The molecular weight excluding hydrogens is 293 g/mol. The number of hydrogen-bond acceptors (Lipinski definition) is 4. The van der Waals surface area contributed by atoms with Crippen LogP contribution in [0.25, 0.3) is 5.69 Å². The summed E-state index contributed by atoms with van der Waals surface area (Å²) >= 11 is 0. The van der Waals surface area contributed by atoms with Crippen molar-refractivity contribution in [2.45, 2.75) is 13.5 Å². The van der Waals surface area contributed by atoms with E-state index < -0.39 is 0 Å². The predicted octanol–water partition coefficient (Wildman–Crippen LogP) is 3.20. The molecule has 0 radical (unpaired) electrons. The van der Waals surface area contributed by atoms with Crippen molar-refractivity contribution in [3.8, 4) is 11.8 Å². The summed E-state index contributed by atoms with van der Waals surface area (Å²) in [5.74, 6) is 0.888. The summed E-state index contributed by atoms with van der Waals surface area (Å²) < 4.78 is 16.0. The summed E-state index contributed by atoms with van der Waals surface area (Å²) in [6.45, 7) is 2.20. The van der Waals surface area contributed by atoms with Crippen LogP contribution in [0.15, 0.2) is 48.9 Å². The van der Waals surface area contributed by atoms with E-state index in [1.54, 1.807) is 41.4 Å². The number of aromatic nitrogens is 3. The highest BCUT2D eigenvalue weighted by Crippen LogP contribution is 2.18. The van der Waals surface area contributed by atoms with Gasteiger partial charge in [0.15, 0.2) is 0 Å². The molecule has 6 heteroatoms. The second-order valence-electron chi connectivity index (χ2n) is 5.00. The SMILES string of the molecule is Cc1nccn1-c1ccc(CNc2ncccc2C#N)cc1F. The van der Waals surface area contributed by atoms with Gasteiger partial charge in [-0.2, -0.15) is 5.26 Å². The smallest absolute Gasteiger partial charge is 0.147 e. The fraction of sp³-hybridized carbons (Fsp3) is 0.118. The lowest BCUT2D eigenvalue weighted by molar-refractivity contribution is 0.614. The van der Waals surface area contributed by atoms with Crippen molar-refractivity contribution < 1.29 is 4.39 Å². The van der Waals surface area contributed by atoms with E-state index in [0.29, 0.717) is 23.6 Å². The van der Waals surface area contributed by atoms with Crippen LogP contribution in [-0.2, 0) is 6.54 Å². The van der Waals surface area contributed by atoms with E-state index in [1.165, 1.54) is 6.07 Å². The minimum atomic E-state index is -0.327. The molecule has 2 heterocycles. The number of hydrogen-bond donors (Lipinski definition) is 1. The fourth-order valence-electron chi connectivity index (χ4n) is 2.31. The summed E-state index contributed by atoms with van der Waals surface area (Å²) in [6, 6.07) is 10.5. The molecular formula is C17H14FN5. The van der Waals surface area contributed by atoms with Crippen molar-refractivity contribution in [1.29, 1.82) is 5.26 Å². The maximum atomic E-state index is 14.3. The zero-order valence-electron chi connectivity index (χ0n) is 12.5. The lowest BCUT2D eigenvalue weighted by Gasteiger charge is -2.10. The van der Waals surface area contributed by atoms with Gasteiger partial charge in [-0.3, -0.25) is 0 Å². The number of rotatable bonds is 4. The average Bonchev–Trinajstić information content (AvgIpc) is 2.99. The van der Waals surface area contributed by atoms with Crippen LogP contribution in [0.5, 0.6) is 0 Å². The van der Waals surface area contributed by atoms with Crippen molar-refractivity contribution in [2.75, 3.05) is 5.32 Å². The van der Waals surface area contributed by atoms with Crippen LogP contribution in [0, 0.1) is 24.1 Å². The van der Waals surface area contributed by atoms with Gasteiger partial charge in [0.2, 0.25) is 0 Å². The number of aryl methyl sites for hydroxylation is 1. The molecule has 0 saturated carbocycles. The number of anilines is 1. The fourth-order valence-corrected chi connectivity index (χ4v) is 2.31. The topological polar surface area (TPSA) is 66.5 Å². The second kappa shape index (κ2) is 6.28. The van der Waals surface area contributed by atoms with Gasteiger partial charge in [-0.1, -0.05) is 6.07 Å². The first kappa shape index (κ1) is 14.7. The van der Waals surface area contributed by atoms with Gasteiger partial charge in [0.1, 0.15) is 23.5 Å². The van der Waals surface area contributed by atoms with Gasteiger partial charge in [-0.25, -0.2) is 14.4 Å². The highest BCUT2D eigenvalue weighted by molar-refractivity contribution is 5.51. The highest BCUT2D eigenvalue weighted by Gasteiger charge is 2.08. The molecule has 1 aromatic carbocycles. The number of nitriles is 1. The molecule has 3 rings (SSSR count). The molecule has 23 heavy (non-hydrogen) atoms. The number of nitrogens with one attached hydrogen (secondary N) is 1. The number of pyridine rings is 1. The van der Waals surface area contributed by atoms with Crippen LogP contribution in [-0.4, -0.2) is 14.5 Å². The van der Waals surface area contributed by atoms with Crippen LogP contribution < -0.4 is 5.32 Å². The lowest BCUT2D eigenvalue weighted by Crippen LogP contribution is -2.05. The molecule has 0 fully saturated rings. The number of imidazole rings is 1. The standard InChI is InChI=1S/C17H14FN5/c1-12-20-7-8-23(12)16-5-4-13(9-15(16)18)11-22-17-14(10-19)3-2-6-21-17/h2-9H,11H2,1H3,(H,21,22). The van der Waals surface area contributed by atoms with Gasteiger partial charge >= 0.3 is 0 Å². The lowest BCUT2D eigenvalue weighted by atomic mass is 10.2. The van der Waals surface area contributed by atoms with Crippen molar-refractivity contribution >= 4 is 5.82 Å². The largest absolute Gasteiger partial charge is 0.365 e. The summed E-state index contributed by atoms with van der Waals surface area (Å²) in [7, 11) is 0. The predicted molar refractivity (Wildman–Crippen MR) is 84.5 cm³/mol. The summed E-state index contributed by atoms with van der Waals surface area (Å²) in [4.78, 5) is 8.21. The third-order valence-electron chi connectivity index (χ3n) is 3.49. The number of nitrogens with zero attached hydrogens (tertiary/aromatic N) is 4. The molecule has 3 aromatic rings. The van der Waals surface area contributed by atoms with Gasteiger partial charge in [0.05, 0.1) is 11.3 Å². The third-order valence-corrected chi connectivity index (χ3v) is 3.49. The molecule has 0 bridgehead atoms. The van der Waals surface area contributed by atoms with E-state index >= 15 is 0 Å². The van der Waals surface area contributed by atoms with Gasteiger partial charge in [-0.05, 0) is 36.8 Å². The summed E-state index contributed by atoms with van der Waals surface area (Å²) in [5.41, 5.74) is 1.68. The second-order valence-corrected chi connectivity index (χ2v) is 5.00. The van der Waals surface area contributed by atoms with Gasteiger partial charge in [-0.15, -0.1) is 0 Å². The molecule has 0 saturated heterocycles. The van der Waals surface area contributed by atoms with Crippen LogP contribution in [0.3, 0.4) is 0 Å². The van der Waals surface area contributed by atoms with Crippen LogP contribution in [0.1, 0.15) is 17.0 Å². The molecule has 0 amide bonds. The summed E-state index contributed by atoms with van der Waals surface area (Å²) in [6.07, 6.45) is 4.96. The Morgan fingerprint density at radius 3 is 2.83 bits per heavy atom. The molecule has 0 unspecified atom stereocenters. The minimum absolute atomic E-state index is 0.327. The van der Waals surface area contributed by atoms with Crippen LogP contribution in [0.4, 0.5) is 10.2 Å². The van der Waals surface area contributed by atoms with E-state index in [2.05, 4.69) is 21.4 Å². The van der Waals surface area contributed by atoms with E-state index in [-0.39, 0.29) is 5.82 Å². The zero-order chi connectivity index (χ0) is 16.2. The van der Waals surface area contributed by atoms with Gasteiger partial charge < -0.3 is 9.88 Å². The van der Waals surface area contributed by atoms with E-state index in [0.717, 1.165) is 11.4 Å². The maximum Gasteiger partial charge on any atom is 0.147 e. The Morgan fingerprint density at radius 1 is 1.26 bits per heavy atom. The first-order chi connectivity index (χ1) is 11.2. The Balaban J connectivity index is 1.79. The van der Waals surface area contributed by atoms with Gasteiger partial charge in [0.25, 0.3) is 0 Å². The highest BCUT2D eigenvalue weighted by atomic mass is 19.1. The molecule has 0 atom stereocenters. The first-order valence-corrected chi connectivity index (χ1v) is 7.07. The van der Waals surface area contributed by atoms with Crippen LogP contribution in [0.2, 0.25) is 0 Å². The first-order valence-electron chi connectivity index (χ1n) is 7.07. The molecule has 1 N–H and O–H groups in total. The van der Waals surface area contributed by atoms with Crippen molar-refractivity contribution in [3.63, 3.8) is 0 Å². The van der Waals surface area contributed by atoms with Crippen LogP contribution >= 0.6 is 0 Å². The summed E-state index contributed by atoms with van der Waals surface area (Å²) in [5, 5.41) is 12.1. The molecule has 5 nitrogen and oxygen atoms in total. The molecule has 0 spiro atoms. The Bertz CT molecular complexity index is 879. The Morgan fingerprint density at radius 2 is 2.13 bits per heavy atom. The Labute approximate surface area is 133 Å². The van der Waals surface area contributed by atoms with E-state index in [4.69, 9.17) is 5.26 Å². The molecule has 0 aliphatic carbocycles. The number of halogens is 1. The Hall–Kier alpha value is -3.20. The minimum Gasteiger partial charge on any atom is -0.365 e. The van der Waals surface area contributed by atoms with Crippen molar-refractivity contribution in [3.05, 3.63) is 71.7 Å². The maximum absolute atomic E-state index is 14.3. The van der Waals surface area contributed by atoms with Crippen molar-refractivity contribution in [2.24, 2.45) is 0 Å². The number of benzene rings is 1. The third kappa shape index (κ3) is 3.04. The quantitative estimate of drug-likeness (QED) is 0.804. The van der Waals surface area contributed by atoms with E-state index in [9.17, 15) is 4.39 Å². The van der Waals surface area contributed by atoms with Crippen molar-refractivity contribution in [1.82, 2.24) is 14.5 Å². The molecule has 2 aromatic heterocycles. The molecule has 114 valence electrons. The average molecular weight is 307 g/mol. The molecule has 0 aliphatic rings. The van der Waals surface area contributed by atoms with Gasteiger partial charge in [0, 0.05) is 25.1 Å². The monoisotopic (exact) mass is 307 g/mol. The molecule has 0 aliphatic heterocycles. The zero-order valence-corrected chi connectivity index (χ0v) is 12.5. The normalized spacial score (nSPS) is 10.3. The van der Waals surface area contributed by atoms with E-state index in [1.807, 2.05) is 13.0 Å². The Kier molecular flexibility index (Phi) is 4.02.